The Balaban J connectivity index is 2.22. The highest BCUT2D eigenvalue weighted by Crippen LogP contribution is 2.20. The zero-order valence-electron chi connectivity index (χ0n) is 9.74. The van der Waals surface area contributed by atoms with E-state index >= 15 is 0 Å². The first-order valence-corrected chi connectivity index (χ1v) is 6.02. The van der Waals surface area contributed by atoms with Crippen LogP contribution in [0.2, 0.25) is 0 Å². The molecular weight excluding hydrogens is 282 g/mol. The molecule has 0 aliphatic rings. The first kappa shape index (κ1) is 12.1. The van der Waals surface area contributed by atoms with Crippen molar-refractivity contribution < 1.29 is 0 Å². The predicted molar refractivity (Wildman–Crippen MR) is 70.6 cm³/mol. The van der Waals surface area contributed by atoms with Crippen LogP contribution in [0.25, 0.3) is 0 Å². The van der Waals surface area contributed by atoms with Crippen LogP contribution in [0.5, 0.6) is 0 Å². The topological polar surface area (TPSA) is 68.8 Å². The SMILES string of the molecule is Cc1nn(Cc2ccc(NN)nc2)c(C)c1Br. The van der Waals surface area contributed by atoms with Gasteiger partial charge in [-0.1, -0.05) is 6.07 Å². The van der Waals surface area contributed by atoms with Crippen molar-refractivity contribution in [2.24, 2.45) is 5.84 Å². The second kappa shape index (κ2) is 4.85. The van der Waals surface area contributed by atoms with Gasteiger partial charge in [-0.3, -0.25) is 4.68 Å². The van der Waals surface area contributed by atoms with Gasteiger partial charge in [0.1, 0.15) is 5.82 Å². The Hall–Kier alpha value is -1.40. The lowest BCUT2D eigenvalue weighted by Crippen LogP contribution is -2.09. The number of aromatic nitrogens is 3. The molecule has 0 aliphatic heterocycles. The molecular formula is C11H14BrN5. The molecule has 0 saturated heterocycles. The second-order valence-electron chi connectivity index (χ2n) is 3.84. The molecule has 2 rings (SSSR count). The number of nitrogens with two attached hydrogens (primary N) is 1. The van der Waals surface area contributed by atoms with Crippen LogP contribution in [-0.4, -0.2) is 14.8 Å². The highest BCUT2D eigenvalue weighted by molar-refractivity contribution is 9.10. The van der Waals surface area contributed by atoms with Crippen molar-refractivity contribution in [2.75, 3.05) is 5.43 Å². The first-order chi connectivity index (χ1) is 8.11. The molecule has 0 bridgehead atoms. The fourth-order valence-electron chi connectivity index (χ4n) is 1.61. The van der Waals surface area contributed by atoms with Gasteiger partial charge in [0.05, 0.1) is 22.4 Å². The molecule has 6 heteroatoms. The average Bonchev–Trinajstić information content (AvgIpc) is 2.58. The third-order valence-corrected chi connectivity index (χ3v) is 3.75. The van der Waals surface area contributed by atoms with Gasteiger partial charge in [-0.05, 0) is 41.4 Å². The number of halogens is 1. The van der Waals surface area contributed by atoms with E-state index in [2.05, 4.69) is 31.4 Å². The molecule has 0 aliphatic carbocycles. The summed E-state index contributed by atoms with van der Waals surface area (Å²) in [7, 11) is 0. The fourth-order valence-corrected chi connectivity index (χ4v) is 1.89. The Morgan fingerprint density at radius 2 is 2.18 bits per heavy atom. The summed E-state index contributed by atoms with van der Waals surface area (Å²) in [5.41, 5.74) is 5.70. The Kier molecular flexibility index (Phi) is 3.44. The van der Waals surface area contributed by atoms with Gasteiger partial charge in [0.15, 0.2) is 0 Å². The molecule has 2 heterocycles. The molecule has 2 aromatic heterocycles. The first-order valence-electron chi connectivity index (χ1n) is 5.23. The van der Waals surface area contributed by atoms with Gasteiger partial charge < -0.3 is 5.43 Å². The summed E-state index contributed by atoms with van der Waals surface area (Å²) >= 11 is 3.51. The van der Waals surface area contributed by atoms with Crippen molar-refractivity contribution in [2.45, 2.75) is 20.4 Å². The Labute approximate surface area is 108 Å². The molecule has 0 radical (unpaired) electrons. The predicted octanol–water partition coefficient (Wildman–Crippen LogP) is 1.99. The Bertz CT molecular complexity index is 517. The molecule has 90 valence electrons. The van der Waals surface area contributed by atoms with Crippen LogP contribution in [0.4, 0.5) is 5.82 Å². The largest absolute Gasteiger partial charge is 0.308 e. The normalized spacial score (nSPS) is 10.6. The summed E-state index contributed by atoms with van der Waals surface area (Å²) in [6, 6.07) is 3.82. The van der Waals surface area contributed by atoms with Crippen LogP contribution in [-0.2, 0) is 6.54 Å². The van der Waals surface area contributed by atoms with Crippen LogP contribution in [0.3, 0.4) is 0 Å². The third-order valence-electron chi connectivity index (χ3n) is 2.60. The number of nitrogens with one attached hydrogen (secondary N) is 1. The van der Waals surface area contributed by atoms with Gasteiger partial charge >= 0.3 is 0 Å². The summed E-state index contributed by atoms with van der Waals surface area (Å²) in [6.07, 6.45) is 1.79. The zero-order chi connectivity index (χ0) is 12.4. The summed E-state index contributed by atoms with van der Waals surface area (Å²) in [4.78, 5) is 4.16. The van der Waals surface area contributed by atoms with Crippen LogP contribution in [0.15, 0.2) is 22.8 Å². The van der Waals surface area contributed by atoms with Crippen LogP contribution >= 0.6 is 15.9 Å². The van der Waals surface area contributed by atoms with Gasteiger partial charge in [-0.25, -0.2) is 10.8 Å². The smallest absolute Gasteiger partial charge is 0.139 e. The van der Waals surface area contributed by atoms with Crippen molar-refractivity contribution in [3.8, 4) is 0 Å². The highest BCUT2D eigenvalue weighted by atomic mass is 79.9. The number of hydrazine groups is 1. The summed E-state index contributed by atoms with van der Waals surface area (Å²) in [5.74, 6) is 5.92. The Morgan fingerprint density at radius 1 is 1.41 bits per heavy atom. The number of hydrogen-bond donors (Lipinski definition) is 2. The lowest BCUT2D eigenvalue weighted by atomic mass is 10.3. The van der Waals surface area contributed by atoms with E-state index in [1.54, 1.807) is 6.20 Å². The van der Waals surface area contributed by atoms with E-state index in [4.69, 9.17) is 5.84 Å². The second-order valence-corrected chi connectivity index (χ2v) is 4.63. The molecule has 0 unspecified atom stereocenters. The maximum Gasteiger partial charge on any atom is 0.139 e. The van der Waals surface area contributed by atoms with Crippen molar-refractivity contribution >= 4 is 21.7 Å². The fraction of sp³-hybridized carbons (Fsp3) is 0.273. The minimum atomic E-state index is 0.656. The number of rotatable bonds is 3. The summed E-state index contributed by atoms with van der Waals surface area (Å²) < 4.78 is 3.01. The van der Waals surface area contributed by atoms with Crippen LogP contribution in [0, 0.1) is 13.8 Å². The van der Waals surface area contributed by atoms with Gasteiger partial charge in [-0.2, -0.15) is 5.10 Å². The molecule has 3 N–H and O–H groups in total. The maximum atomic E-state index is 5.26. The van der Waals surface area contributed by atoms with Gasteiger partial charge in [0.25, 0.3) is 0 Å². The third kappa shape index (κ3) is 2.48. The lowest BCUT2D eigenvalue weighted by Gasteiger charge is -2.05. The molecule has 5 nitrogen and oxygen atoms in total. The summed E-state index contributed by atoms with van der Waals surface area (Å²) in [5, 5.41) is 4.45. The number of nitrogens with zero attached hydrogens (tertiary/aromatic N) is 3. The molecule has 0 aromatic carbocycles. The average molecular weight is 296 g/mol. The lowest BCUT2D eigenvalue weighted by molar-refractivity contribution is 0.657. The van der Waals surface area contributed by atoms with Gasteiger partial charge in [0, 0.05) is 6.20 Å². The van der Waals surface area contributed by atoms with Crippen LogP contribution < -0.4 is 11.3 Å². The van der Waals surface area contributed by atoms with E-state index < -0.39 is 0 Å². The van der Waals surface area contributed by atoms with Crippen molar-refractivity contribution in [1.82, 2.24) is 14.8 Å². The number of nitrogen functional groups attached to an aromatic ring is 1. The Morgan fingerprint density at radius 3 is 2.65 bits per heavy atom. The van der Waals surface area contributed by atoms with Crippen molar-refractivity contribution in [1.29, 1.82) is 0 Å². The number of anilines is 1. The van der Waals surface area contributed by atoms with E-state index in [-0.39, 0.29) is 0 Å². The van der Waals surface area contributed by atoms with Crippen molar-refractivity contribution in [3.05, 3.63) is 39.8 Å². The van der Waals surface area contributed by atoms with Gasteiger partial charge in [-0.15, -0.1) is 0 Å². The number of hydrogen-bond acceptors (Lipinski definition) is 4. The number of aryl methyl sites for hydroxylation is 1. The quantitative estimate of drug-likeness (QED) is 0.671. The van der Waals surface area contributed by atoms with Crippen molar-refractivity contribution in [3.63, 3.8) is 0 Å². The van der Waals surface area contributed by atoms with E-state index in [0.29, 0.717) is 12.4 Å². The molecule has 0 atom stereocenters. The molecule has 2 aromatic rings. The van der Waals surface area contributed by atoms with Crippen LogP contribution in [0.1, 0.15) is 17.0 Å². The molecule has 0 spiro atoms. The van der Waals surface area contributed by atoms with E-state index in [9.17, 15) is 0 Å². The maximum absolute atomic E-state index is 5.26. The molecule has 0 fully saturated rings. The summed E-state index contributed by atoms with van der Waals surface area (Å²) in [6.45, 7) is 4.72. The van der Waals surface area contributed by atoms with E-state index in [0.717, 1.165) is 21.4 Å². The molecule has 0 amide bonds. The van der Waals surface area contributed by atoms with Gasteiger partial charge in [0.2, 0.25) is 0 Å². The minimum absolute atomic E-state index is 0.656. The van der Waals surface area contributed by atoms with E-state index in [1.165, 1.54) is 0 Å². The number of pyridine rings is 1. The molecule has 0 saturated carbocycles. The monoisotopic (exact) mass is 295 g/mol. The highest BCUT2D eigenvalue weighted by Gasteiger charge is 2.08. The zero-order valence-corrected chi connectivity index (χ0v) is 11.3. The molecule has 17 heavy (non-hydrogen) atoms. The standard InChI is InChI=1S/C11H14BrN5/c1-7-11(12)8(2)17(16-7)6-9-3-4-10(15-13)14-5-9/h3-5H,6,13H2,1-2H3,(H,14,15). The minimum Gasteiger partial charge on any atom is -0.308 e. The van der Waals surface area contributed by atoms with E-state index in [1.807, 2.05) is 30.7 Å².